The van der Waals surface area contributed by atoms with Gasteiger partial charge < -0.3 is 26.0 Å². The molecule has 1 fully saturated rings. The number of hydrogen-bond donors (Lipinski definition) is 3. The molecular weight excluding hydrogens is 296 g/mol. The number of nitrogens with two attached hydrogens (primary N) is 1. The van der Waals surface area contributed by atoms with E-state index in [4.69, 9.17) is 10.5 Å². The van der Waals surface area contributed by atoms with Gasteiger partial charge in [-0.3, -0.25) is 4.79 Å². The third kappa shape index (κ3) is 5.05. The fraction of sp³-hybridized carbons (Fsp3) is 0.500. The van der Waals surface area contributed by atoms with Gasteiger partial charge in [-0.05, 0) is 25.0 Å². The number of nitrogens with zero attached hydrogens (tertiary/aromatic N) is 1. The molecule has 2 rings (SSSR count). The highest BCUT2D eigenvalue weighted by Gasteiger charge is 2.22. The number of piperidine rings is 1. The van der Waals surface area contributed by atoms with Crippen molar-refractivity contribution in [1.82, 2.24) is 10.6 Å². The summed E-state index contributed by atoms with van der Waals surface area (Å²) in [4.78, 5) is 24.6. The normalized spacial score (nSPS) is 15.1. The topological polar surface area (TPSA) is 96.7 Å². The van der Waals surface area contributed by atoms with E-state index in [-0.39, 0.29) is 24.9 Å². The molecule has 0 radical (unpaired) electrons. The molecule has 7 heteroatoms. The summed E-state index contributed by atoms with van der Waals surface area (Å²) in [6, 6.07) is 7.51. The van der Waals surface area contributed by atoms with Gasteiger partial charge in [0.25, 0.3) is 0 Å². The number of carbonyl (C=O) groups is 2. The van der Waals surface area contributed by atoms with E-state index in [2.05, 4.69) is 15.5 Å². The molecule has 3 amide bonds. The van der Waals surface area contributed by atoms with Gasteiger partial charge in [-0.25, -0.2) is 4.79 Å². The molecule has 0 atom stereocenters. The van der Waals surface area contributed by atoms with Gasteiger partial charge in [0.05, 0.1) is 12.8 Å². The van der Waals surface area contributed by atoms with Crippen LogP contribution in [0, 0.1) is 0 Å². The Balaban J connectivity index is 1.77. The van der Waals surface area contributed by atoms with Crippen molar-refractivity contribution in [3.8, 4) is 5.75 Å². The van der Waals surface area contributed by atoms with Crippen LogP contribution < -0.4 is 26.0 Å². The highest BCUT2D eigenvalue weighted by Crippen LogP contribution is 2.29. The first-order valence-corrected chi connectivity index (χ1v) is 7.80. The number of para-hydroxylation sites is 2. The van der Waals surface area contributed by atoms with E-state index in [1.54, 1.807) is 7.11 Å². The summed E-state index contributed by atoms with van der Waals surface area (Å²) in [5, 5.41) is 5.42. The minimum Gasteiger partial charge on any atom is -0.495 e. The largest absolute Gasteiger partial charge is 0.495 e. The Labute approximate surface area is 136 Å². The molecule has 1 aromatic carbocycles. The summed E-state index contributed by atoms with van der Waals surface area (Å²) in [6.45, 7) is 2.00. The Morgan fingerprint density at radius 1 is 1.30 bits per heavy atom. The van der Waals surface area contributed by atoms with Crippen molar-refractivity contribution < 1.29 is 14.3 Å². The molecule has 126 valence electrons. The maximum atomic E-state index is 11.8. The Morgan fingerprint density at radius 3 is 2.65 bits per heavy atom. The highest BCUT2D eigenvalue weighted by molar-refractivity contribution is 5.77. The predicted octanol–water partition coefficient (Wildman–Crippen LogP) is 0.839. The van der Waals surface area contributed by atoms with Crippen molar-refractivity contribution in [1.29, 1.82) is 0 Å². The predicted molar refractivity (Wildman–Crippen MR) is 88.6 cm³/mol. The second-order valence-electron chi connectivity index (χ2n) is 5.54. The first-order chi connectivity index (χ1) is 11.1. The lowest BCUT2D eigenvalue weighted by atomic mass is 10.0. The second kappa shape index (κ2) is 8.26. The van der Waals surface area contributed by atoms with Crippen molar-refractivity contribution in [2.24, 2.45) is 5.73 Å². The van der Waals surface area contributed by atoms with Crippen LogP contribution in [0.5, 0.6) is 5.75 Å². The van der Waals surface area contributed by atoms with Gasteiger partial charge in [0, 0.05) is 32.1 Å². The first kappa shape index (κ1) is 16.9. The molecule has 1 aliphatic rings. The van der Waals surface area contributed by atoms with E-state index in [0.29, 0.717) is 0 Å². The monoisotopic (exact) mass is 320 g/mol. The van der Waals surface area contributed by atoms with Crippen LogP contribution in [-0.4, -0.2) is 44.7 Å². The van der Waals surface area contributed by atoms with E-state index in [9.17, 15) is 9.59 Å². The number of hydrogen-bond acceptors (Lipinski definition) is 4. The number of primary amides is 1. The first-order valence-electron chi connectivity index (χ1n) is 7.80. The lowest BCUT2D eigenvalue weighted by molar-refractivity contribution is -0.121. The zero-order valence-electron chi connectivity index (χ0n) is 13.4. The standard InChI is InChI=1S/C16H24N4O3/c1-23-14-5-3-2-4-13(14)20-10-7-12(8-11-20)19-15(21)6-9-18-16(17)22/h2-5,12H,6-11H2,1H3,(H,19,21)(H3,17,18,22). The van der Waals surface area contributed by atoms with Crippen LogP contribution in [0.4, 0.5) is 10.5 Å². The molecule has 1 heterocycles. The number of benzene rings is 1. The Kier molecular flexibility index (Phi) is 6.08. The van der Waals surface area contributed by atoms with Crippen LogP contribution in [0.3, 0.4) is 0 Å². The molecular formula is C16H24N4O3. The van der Waals surface area contributed by atoms with Gasteiger partial charge in [0.15, 0.2) is 0 Å². The third-order valence-corrected chi connectivity index (χ3v) is 3.94. The number of methoxy groups -OCH3 is 1. The highest BCUT2D eigenvalue weighted by atomic mass is 16.5. The zero-order valence-corrected chi connectivity index (χ0v) is 13.4. The molecule has 0 aliphatic carbocycles. The molecule has 0 spiro atoms. The Morgan fingerprint density at radius 2 is 2.00 bits per heavy atom. The maximum Gasteiger partial charge on any atom is 0.312 e. The average Bonchev–Trinajstić information content (AvgIpc) is 2.55. The molecule has 1 aromatic rings. The summed E-state index contributed by atoms with van der Waals surface area (Å²) in [5.41, 5.74) is 6.05. The number of urea groups is 1. The van der Waals surface area contributed by atoms with Crippen molar-refractivity contribution in [3.63, 3.8) is 0 Å². The summed E-state index contributed by atoms with van der Waals surface area (Å²) < 4.78 is 5.40. The summed E-state index contributed by atoms with van der Waals surface area (Å²) in [7, 11) is 1.67. The molecule has 1 saturated heterocycles. The molecule has 0 bridgehead atoms. The van der Waals surface area contributed by atoms with E-state index in [0.717, 1.165) is 37.4 Å². The number of rotatable bonds is 6. The summed E-state index contributed by atoms with van der Waals surface area (Å²) in [5.74, 6) is 0.807. The fourth-order valence-corrected chi connectivity index (χ4v) is 2.75. The van der Waals surface area contributed by atoms with Crippen LogP contribution in [0.15, 0.2) is 24.3 Å². The molecule has 0 unspecified atom stereocenters. The van der Waals surface area contributed by atoms with Crippen molar-refractivity contribution in [2.45, 2.75) is 25.3 Å². The summed E-state index contributed by atoms with van der Waals surface area (Å²) >= 11 is 0. The number of anilines is 1. The van der Waals surface area contributed by atoms with Gasteiger partial charge in [-0.2, -0.15) is 0 Å². The van der Waals surface area contributed by atoms with Gasteiger partial charge in [0.2, 0.25) is 5.91 Å². The van der Waals surface area contributed by atoms with Gasteiger partial charge in [0.1, 0.15) is 5.75 Å². The van der Waals surface area contributed by atoms with Crippen LogP contribution in [-0.2, 0) is 4.79 Å². The van der Waals surface area contributed by atoms with Gasteiger partial charge >= 0.3 is 6.03 Å². The zero-order chi connectivity index (χ0) is 16.7. The SMILES string of the molecule is COc1ccccc1N1CCC(NC(=O)CCNC(N)=O)CC1. The lowest BCUT2D eigenvalue weighted by Crippen LogP contribution is -2.45. The van der Waals surface area contributed by atoms with E-state index < -0.39 is 6.03 Å². The smallest absolute Gasteiger partial charge is 0.312 e. The van der Waals surface area contributed by atoms with Crippen molar-refractivity contribution >= 4 is 17.6 Å². The van der Waals surface area contributed by atoms with Crippen LogP contribution in [0.1, 0.15) is 19.3 Å². The lowest BCUT2D eigenvalue weighted by Gasteiger charge is -2.34. The van der Waals surface area contributed by atoms with Crippen molar-refractivity contribution in [3.05, 3.63) is 24.3 Å². The van der Waals surface area contributed by atoms with Crippen LogP contribution >= 0.6 is 0 Å². The third-order valence-electron chi connectivity index (χ3n) is 3.94. The fourth-order valence-electron chi connectivity index (χ4n) is 2.75. The summed E-state index contributed by atoms with van der Waals surface area (Å²) in [6.07, 6.45) is 2.01. The molecule has 0 aromatic heterocycles. The minimum atomic E-state index is -0.608. The molecule has 0 saturated carbocycles. The number of amides is 3. The second-order valence-corrected chi connectivity index (χ2v) is 5.54. The van der Waals surface area contributed by atoms with E-state index in [1.807, 2.05) is 24.3 Å². The molecule has 7 nitrogen and oxygen atoms in total. The quantitative estimate of drug-likeness (QED) is 0.723. The van der Waals surface area contributed by atoms with Crippen LogP contribution in [0.2, 0.25) is 0 Å². The average molecular weight is 320 g/mol. The molecule has 1 aliphatic heterocycles. The Bertz CT molecular complexity index is 542. The Hall–Kier alpha value is -2.44. The number of ether oxygens (including phenoxy) is 1. The van der Waals surface area contributed by atoms with Gasteiger partial charge in [-0.15, -0.1) is 0 Å². The van der Waals surface area contributed by atoms with E-state index >= 15 is 0 Å². The van der Waals surface area contributed by atoms with Gasteiger partial charge in [-0.1, -0.05) is 12.1 Å². The maximum absolute atomic E-state index is 11.8. The molecule has 23 heavy (non-hydrogen) atoms. The van der Waals surface area contributed by atoms with Crippen LogP contribution in [0.25, 0.3) is 0 Å². The van der Waals surface area contributed by atoms with Crippen molar-refractivity contribution in [2.75, 3.05) is 31.6 Å². The number of carbonyl (C=O) groups excluding carboxylic acids is 2. The molecule has 4 N–H and O–H groups in total. The minimum absolute atomic E-state index is 0.0607. The number of nitrogens with one attached hydrogen (secondary N) is 2. The van der Waals surface area contributed by atoms with E-state index in [1.165, 1.54) is 0 Å².